The molecule has 0 rings (SSSR count). The Morgan fingerprint density at radius 3 is 1.54 bits per heavy atom. The molecular formula is C23H45ClO2. The Bertz CT molecular complexity index is 281. The van der Waals surface area contributed by atoms with Crippen molar-refractivity contribution in [2.75, 3.05) is 12.5 Å². The normalized spacial score (nSPS) is 11.0. The Labute approximate surface area is 168 Å². The van der Waals surface area contributed by atoms with Crippen molar-refractivity contribution in [2.24, 2.45) is 0 Å². The summed E-state index contributed by atoms with van der Waals surface area (Å²) in [6.07, 6.45) is 23.7. The number of hydrogen-bond donors (Lipinski definition) is 0. The number of halogens is 1. The van der Waals surface area contributed by atoms with E-state index in [0.29, 0.717) is 13.0 Å². The minimum Gasteiger partial charge on any atom is -0.466 e. The van der Waals surface area contributed by atoms with Gasteiger partial charge in [0.1, 0.15) is 0 Å². The van der Waals surface area contributed by atoms with Crippen molar-refractivity contribution >= 4 is 17.6 Å². The van der Waals surface area contributed by atoms with Gasteiger partial charge < -0.3 is 4.74 Å². The van der Waals surface area contributed by atoms with E-state index in [1.807, 2.05) is 0 Å². The number of carbonyl (C=O) groups is 1. The maximum absolute atomic E-state index is 11.6. The van der Waals surface area contributed by atoms with Gasteiger partial charge in [-0.2, -0.15) is 0 Å². The molecule has 0 saturated carbocycles. The van der Waals surface area contributed by atoms with Crippen LogP contribution in [0, 0.1) is 0 Å². The standard InChI is InChI=1S/C23H45ClO2/c1-2-3-4-5-6-7-8-9-10-11-12-13-14-17-20-23(25)26-22-19-16-15-18-21-24/h2-22H2,1H3. The highest BCUT2D eigenvalue weighted by molar-refractivity contribution is 6.17. The smallest absolute Gasteiger partial charge is 0.305 e. The fourth-order valence-electron chi connectivity index (χ4n) is 3.27. The summed E-state index contributed by atoms with van der Waals surface area (Å²) in [5.41, 5.74) is 0. The molecule has 0 unspecified atom stereocenters. The molecule has 0 bridgehead atoms. The molecule has 0 radical (unpaired) electrons. The average molecular weight is 389 g/mol. The molecule has 0 atom stereocenters. The Kier molecular flexibility index (Phi) is 22.6. The van der Waals surface area contributed by atoms with Gasteiger partial charge in [-0.05, 0) is 19.3 Å². The quantitative estimate of drug-likeness (QED) is 0.112. The number of alkyl halides is 1. The zero-order valence-corrected chi connectivity index (χ0v) is 18.3. The number of rotatable bonds is 21. The van der Waals surface area contributed by atoms with E-state index >= 15 is 0 Å². The van der Waals surface area contributed by atoms with Crippen molar-refractivity contribution in [3.63, 3.8) is 0 Å². The Hall–Kier alpha value is -0.240. The van der Waals surface area contributed by atoms with Crippen LogP contribution in [0.25, 0.3) is 0 Å². The molecule has 0 aliphatic carbocycles. The van der Waals surface area contributed by atoms with Gasteiger partial charge >= 0.3 is 5.97 Å². The molecular weight excluding hydrogens is 344 g/mol. The first-order valence-corrected chi connectivity index (χ1v) is 12.1. The van der Waals surface area contributed by atoms with Crippen molar-refractivity contribution in [2.45, 2.75) is 129 Å². The summed E-state index contributed by atoms with van der Waals surface area (Å²) in [5.74, 6) is 0.722. The first-order chi connectivity index (χ1) is 12.8. The van der Waals surface area contributed by atoms with E-state index in [1.165, 1.54) is 83.5 Å². The van der Waals surface area contributed by atoms with Crippen LogP contribution in [-0.2, 0) is 9.53 Å². The molecule has 0 saturated heterocycles. The van der Waals surface area contributed by atoms with Crippen LogP contribution in [-0.4, -0.2) is 18.5 Å². The Morgan fingerprint density at radius 2 is 1.04 bits per heavy atom. The molecule has 0 aliphatic rings. The zero-order valence-electron chi connectivity index (χ0n) is 17.5. The third kappa shape index (κ3) is 21.8. The lowest BCUT2D eigenvalue weighted by Crippen LogP contribution is -2.05. The SMILES string of the molecule is CCCCCCCCCCCCCCCCC(=O)OCCCCCCCl. The van der Waals surface area contributed by atoms with Crippen LogP contribution in [0.2, 0.25) is 0 Å². The molecule has 0 spiro atoms. The predicted octanol–water partition coefficient (Wildman–Crippen LogP) is 8.20. The van der Waals surface area contributed by atoms with Gasteiger partial charge in [0, 0.05) is 12.3 Å². The van der Waals surface area contributed by atoms with Crippen molar-refractivity contribution in [1.29, 1.82) is 0 Å². The third-order valence-electron chi connectivity index (χ3n) is 5.03. The van der Waals surface area contributed by atoms with Gasteiger partial charge in [0.2, 0.25) is 0 Å². The second-order valence-corrected chi connectivity index (χ2v) is 8.05. The fraction of sp³-hybridized carbons (Fsp3) is 0.957. The lowest BCUT2D eigenvalue weighted by Gasteiger charge is -2.05. The molecule has 0 N–H and O–H groups in total. The average Bonchev–Trinajstić information content (AvgIpc) is 2.65. The summed E-state index contributed by atoms with van der Waals surface area (Å²) < 4.78 is 5.26. The van der Waals surface area contributed by atoms with Crippen LogP contribution >= 0.6 is 11.6 Å². The highest BCUT2D eigenvalue weighted by atomic mass is 35.5. The van der Waals surface area contributed by atoms with Crippen LogP contribution in [0.5, 0.6) is 0 Å². The maximum Gasteiger partial charge on any atom is 0.305 e. The number of ether oxygens (including phenoxy) is 1. The van der Waals surface area contributed by atoms with E-state index in [2.05, 4.69) is 6.92 Å². The van der Waals surface area contributed by atoms with Crippen LogP contribution in [0.15, 0.2) is 0 Å². The van der Waals surface area contributed by atoms with Crippen molar-refractivity contribution in [1.82, 2.24) is 0 Å². The molecule has 26 heavy (non-hydrogen) atoms. The molecule has 0 aromatic rings. The molecule has 0 aromatic carbocycles. The third-order valence-corrected chi connectivity index (χ3v) is 5.29. The van der Waals surface area contributed by atoms with Gasteiger partial charge in [-0.1, -0.05) is 103 Å². The van der Waals surface area contributed by atoms with E-state index in [4.69, 9.17) is 16.3 Å². The minimum absolute atomic E-state index is 0.0127. The van der Waals surface area contributed by atoms with Gasteiger partial charge in [-0.15, -0.1) is 11.6 Å². The zero-order chi connectivity index (χ0) is 19.1. The minimum atomic E-state index is -0.0127. The van der Waals surface area contributed by atoms with Gasteiger partial charge in [0.25, 0.3) is 0 Å². The van der Waals surface area contributed by atoms with E-state index in [1.54, 1.807) is 0 Å². The molecule has 3 heteroatoms. The number of unbranched alkanes of at least 4 members (excludes halogenated alkanes) is 16. The molecule has 0 amide bonds. The van der Waals surface area contributed by atoms with E-state index < -0.39 is 0 Å². The summed E-state index contributed by atoms with van der Waals surface area (Å²) >= 11 is 5.63. The van der Waals surface area contributed by atoms with Gasteiger partial charge in [0.05, 0.1) is 6.61 Å². The summed E-state index contributed by atoms with van der Waals surface area (Å²) in [7, 11) is 0. The largest absolute Gasteiger partial charge is 0.466 e. The number of carbonyl (C=O) groups excluding carboxylic acids is 1. The van der Waals surface area contributed by atoms with Crippen LogP contribution in [0.1, 0.15) is 129 Å². The lowest BCUT2D eigenvalue weighted by molar-refractivity contribution is -0.143. The van der Waals surface area contributed by atoms with E-state index in [9.17, 15) is 4.79 Å². The molecule has 0 heterocycles. The van der Waals surface area contributed by atoms with Crippen LogP contribution < -0.4 is 0 Å². The molecule has 156 valence electrons. The van der Waals surface area contributed by atoms with Crippen molar-refractivity contribution in [3.05, 3.63) is 0 Å². The molecule has 0 aromatic heterocycles. The summed E-state index contributed by atoms with van der Waals surface area (Å²) in [6.45, 7) is 2.86. The summed E-state index contributed by atoms with van der Waals surface area (Å²) in [4.78, 5) is 11.6. The van der Waals surface area contributed by atoms with E-state index in [-0.39, 0.29) is 5.97 Å². The topological polar surface area (TPSA) is 26.3 Å². The second-order valence-electron chi connectivity index (χ2n) is 7.67. The Morgan fingerprint density at radius 1 is 0.615 bits per heavy atom. The van der Waals surface area contributed by atoms with E-state index in [0.717, 1.165) is 38.0 Å². The van der Waals surface area contributed by atoms with Crippen LogP contribution in [0.4, 0.5) is 0 Å². The van der Waals surface area contributed by atoms with Crippen molar-refractivity contribution < 1.29 is 9.53 Å². The summed E-state index contributed by atoms with van der Waals surface area (Å²) in [5, 5.41) is 0. The van der Waals surface area contributed by atoms with Crippen LogP contribution in [0.3, 0.4) is 0 Å². The first kappa shape index (κ1) is 25.8. The number of hydrogen-bond acceptors (Lipinski definition) is 2. The Balaban J connectivity index is 3.11. The molecule has 2 nitrogen and oxygen atoms in total. The van der Waals surface area contributed by atoms with Gasteiger partial charge in [0.15, 0.2) is 0 Å². The number of esters is 1. The molecule has 0 aliphatic heterocycles. The molecule has 0 fully saturated rings. The summed E-state index contributed by atoms with van der Waals surface area (Å²) in [6, 6.07) is 0. The predicted molar refractivity (Wildman–Crippen MR) is 115 cm³/mol. The fourth-order valence-corrected chi connectivity index (χ4v) is 3.46. The maximum atomic E-state index is 11.6. The van der Waals surface area contributed by atoms with Crippen molar-refractivity contribution in [3.8, 4) is 0 Å². The van der Waals surface area contributed by atoms with Gasteiger partial charge in [-0.25, -0.2) is 0 Å². The van der Waals surface area contributed by atoms with Gasteiger partial charge in [-0.3, -0.25) is 4.79 Å². The highest BCUT2D eigenvalue weighted by Crippen LogP contribution is 2.13. The lowest BCUT2D eigenvalue weighted by atomic mass is 10.0. The highest BCUT2D eigenvalue weighted by Gasteiger charge is 2.02. The first-order valence-electron chi connectivity index (χ1n) is 11.5. The second kappa shape index (κ2) is 22.8. The monoisotopic (exact) mass is 388 g/mol.